The van der Waals surface area contributed by atoms with Crippen LogP contribution in [0.15, 0.2) is 0 Å². The van der Waals surface area contributed by atoms with Crippen molar-refractivity contribution in [2.24, 2.45) is 5.92 Å². The van der Waals surface area contributed by atoms with E-state index in [-0.39, 0.29) is 36.6 Å². The third kappa shape index (κ3) is 5.89. The first-order valence-corrected chi connectivity index (χ1v) is 8.57. The van der Waals surface area contributed by atoms with Crippen LogP contribution in [0.2, 0.25) is 0 Å². The van der Waals surface area contributed by atoms with Gasteiger partial charge in [-0.1, -0.05) is 6.42 Å². The number of carbonyl (C=O) groups is 3. The number of alkyl halides is 3. The van der Waals surface area contributed by atoms with E-state index in [2.05, 4.69) is 10.1 Å². The fourth-order valence-electron chi connectivity index (χ4n) is 3.55. The molecule has 2 aliphatic rings. The minimum Gasteiger partial charge on any atom is -0.440 e. The van der Waals surface area contributed by atoms with E-state index in [1.54, 1.807) is 4.90 Å². The number of ketones is 1. The van der Waals surface area contributed by atoms with Crippen LogP contribution in [0.1, 0.15) is 44.9 Å². The van der Waals surface area contributed by atoms with Crippen LogP contribution in [-0.2, 0) is 14.3 Å². The first-order chi connectivity index (χ1) is 11.8. The molecule has 1 saturated heterocycles. The van der Waals surface area contributed by atoms with Crippen molar-refractivity contribution in [3.8, 4) is 0 Å². The number of nitrogens with one attached hydrogen (secondary N) is 1. The first-order valence-electron chi connectivity index (χ1n) is 8.57. The molecule has 1 N–H and O–H groups in total. The van der Waals surface area contributed by atoms with Gasteiger partial charge in [0.15, 0.2) is 6.61 Å². The van der Waals surface area contributed by atoms with Crippen LogP contribution in [0.3, 0.4) is 0 Å². The molecule has 2 fully saturated rings. The molecule has 0 aromatic heterocycles. The second-order valence-electron chi connectivity index (χ2n) is 6.48. The highest BCUT2D eigenvalue weighted by molar-refractivity contribution is 5.84. The summed E-state index contributed by atoms with van der Waals surface area (Å²) >= 11 is 0. The van der Waals surface area contributed by atoms with Crippen molar-refractivity contribution >= 4 is 17.8 Å². The van der Waals surface area contributed by atoms with Crippen molar-refractivity contribution in [2.45, 2.75) is 57.2 Å². The number of halogens is 3. The number of likely N-dealkylation sites (tertiary alicyclic amines) is 1. The lowest BCUT2D eigenvalue weighted by atomic mass is 9.82. The van der Waals surface area contributed by atoms with Gasteiger partial charge in [0, 0.05) is 37.9 Å². The Kier molecular flexibility index (Phi) is 6.66. The molecule has 9 heteroatoms. The average molecular weight is 364 g/mol. The molecule has 142 valence electrons. The van der Waals surface area contributed by atoms with Crippen LogP contribution in [-0.4, -0.2) is 54.6 Å². The standard InChI is InChI=1S/C16H23F3N2O4/c17-16(18,19)10-25-15(24)20-8-7-14(23)21-9-3-5-12(21)11-4-1-2-6-13(11)22/h11-12H,1-10H2,(H,20,24)/t11-,12+/m0/s1. The van der Waals surface area contributed by atoms with Gasteiger partial charge < -0.3 is 15.0 Å². The van der Waals surface area contributed by atoms with Crippen LogP contribution < -0.4 is 5.32 Å². The minimum absolute atomic E-state index is 0.0292. The van der Waals surface area contributed by atoms with E-state index in [4.69, 9.17) is 0 Å². The van der Waals surface area contributed by atoms with Gasteiger partial charge in [-0.3, -0.25) is 9.59 Å². The van der Waals surface area contributed by atoms with Gasteiger partial charge in [-0.05, 0) is 25.7 Å². The van der Waals surface area contributed by atoms with Crippen molar-refractivity contribution in [1.29, 1.82) is 0 Å². The fraction of sp³-hybridized carbons (Fsp3) is 0.812. The Bertz CT molecular complexity index is 510. The molecule has 0 aromatic carbocycles. The van der Waals surface area contributed by atoms with Gasteiger partial charge in [-0.2, -0.15) is 13.2 Å². The molecule has 1 heterocycles. The number of amides is 2. The van der Waals surface area contributed by atoms with Crippen molar-refractivity contribution in [3.63, 3.8) is 0 Å². The molecule has 2 rings (SSSR count). The van der Waals surface area contributed by atoms with Gasteiger partial charge in [0.05, 0.1) is 0 Å². The van der Waals surface area contributed by atoms with Gasteiger partial charge in [0.25, 0.3) is 0 Å². The summed E-state index contributed by atoms with van der Waals surface area (Å²) < 4.78 is 39.8. The smallest absolute Gasteiger partial charge is 0.422 e. The van der Waals surface area contributed by atoms with E-state index in [9.17, 15) is 27.6 Å². The highest BCUT2D eigenvalue weighted by atomic mass is 19.4. The van der Waals surface area contributed by atoms with E-state index in [1.165, 1.54) is 0 Å². The maximum atomic E-state index is 12.3. The van der Waals surface area contributed by atoms with E-state index < -0.39 is 18.9 Å². The third-order valence-electron chi connectivity index (χ3n) is 4.66. The summed E-state index contributed by atoms with van der Waals surface area (Å²) in [6, 6.07) is -0.0857. The molecule has 0 aromatic rings. The highest BCUT2D eigenvalue weighted by Gasteiger charge is 2.38. The van der Waals surface area contributed by atoms with Crippen LogP contribution in [0, 0.1) is 5.92 Å². The van der Waals surface area contributed by atoms with Gasteiger partial charge >= 0.3 is 12.3 Å². The fourth-order valence-corrected chi connectivity index (χ4v) is 3.55. The lowest BCUT2D eigenvalue weighted by Gasteiger charge is -2.33. The Hall–Kier alpha value is -1.80. The molecule has 1 aliphatic carbocycles. The number of hydrogen-bond acceptors (Lipinski definition) is 4. The first kappa shape index (κ1) is 19.5. The van der Waals surface area contributed by atoms with Crippen LogP contribution in [0.5, 0.6) is 0 Å². The molecular weight excluding hydrogens is 341 g/mol. The predicted molar refractivity (Wildman–Crippen MR) is 81.7 cm³/mol. The zero-order valence-electron chi connectivity index (χ0n) is 13.9. The molecule has 1 saturated carbocycles. The molecular formula is C16H23F3N2O4. The second-order valence-corrected chi connectivity index (χ2v) is 6.48. The Labute approximate surface area is 144 Å². The summed E-state index contributed by atoms with van der Waals surface area (Å²) in [6.07, 6.45) is -0.927. The van der Waals surface area contributed by atoms with Crippen molar-refractivity contribution in [3.05, 3.63) is 0 Å². The van der Waals surface area contributed by atoms with Crippen LogP contribution >= 0.6 is 0 Å². The number of Topliss-reactive ketones (excluding diaryl/α,β-unsaturated/α-hetero) is 1. The van der Waals surface area contributed by atoms with Crippen molar-refractivity contribution in [2.75, 3.05) is 19.7 Å². The zero-order valence-corrected chi connectivity index (χ0v) is 13.9. The Morgan fingerprint density at radius 1 is 1.20 bits per heavy atom. The SMILES string of the molecule is O=C(NCCC(=O)N1CCC[C@@H]1[C@@H]1CCCCC1=O)OCC(F)(F)F. The maximum absolute atomic E-state index is 12.3. The molecule has 25 heavy (non-hydrogen) atoms. The number of hydrogen-bond donors (Lipinski definition) is 1. The second kappa shape index (κ2) is 8.53. The van der Waals surface area contributed by atoms with E-state index >= 15 is 0 Å². The summed E-state index contributed by atoms with van der Waals surface area (Å²) in [5.74, 6) is -0.0910. The van der Waals surface area contributed by atoms with E-state index in [1.807, 2.05) is 0 Å². The largest absolute Gasteiger partial charge is 0.440 e. The summed E-state index contributed by atoms with van der Waals surface area (Å²) in [5.41, 5.74) is 0. The lowest BCUT2D eigenvalue weighted by molar-refractivity contribution is -0.160. The van der Waals surface area contributed by atoms with E-state index in [0.29, 0.717) is 13.0 Å². The number of alkyl carbamates (subject to hydrolysis) is 1. The van der Waals surface area contributed by atoms with Gasteiger partial charge in [-0.25, -0.2) is 4.79 Å². The van der Waals surface area contributed by atoms with Crippen molar-refractivity contribution in [1.82, 2.24) is 10.2 Å². The monoisotopic (exact) mass is 364 g/mol. The molecule has 0 bridgehead atoms. The lowest BCUT2D eigenvalue weighted by Crippen LogP contribution is -2.44. The quantitative estimate of drug-likeness (QED) is 0.813. The van der Waals surface area contributed by atoms with Gasteiger partial charge in [0.2, 0.25) is 5.91 Å². The zero-order chi connectivity index (χ0) is 18.4. The molecule has 6 nitrogen and oxygen atoms in total. The van der Waals surface area contributed by atoms with Crippen molar-refractivity contribution < 1.29 is 32.3 Å². The van der Waals surface area contributed by atoms with Crippen LogP contribution in [0.25, 0.3) is 0 Å². The molecule has 0 spiro atoms. The summed E-state index contributed by atoms with van der Waals surface area (Å²) in [4.78, 5) is 37.3. The number of nitrogens with zero attached hydrogens (tertiary/aromatic N) is 1. The minimum atomic E-state index is -4.58. The maximum Gasteiger partial charge on any atom is 0.422 e. The number of rotatable bonds is 5. The molecule has 2 amide bonds. The van der Waals surface area contributed by atoms with Gasteiger partial charge in [-0.15, -0.1) is 0 Å². The normalized spacial score (nSPS) is 24.3. The Morgan fingerprint density at radius 2 is 1.96 bits per heavy atom. The topological polar surface area (TPSA) is 75.7 Å². The Balaban J connectivity index is 1.76. The summed E-state index contributed by atoms with van der Waals surface area (Å²) in [6.45, 7) is -1.19. The summed E-state index contributed by atoms with van der Waals surface area (Å²) in [7, 11) is 0. The number of carbonyl (C=O) groups excluding carboxylic acids is 3. The molecule has 1 aliphatic heterocycles. The Morgan fingerprint density at radius 3 is 2.64 bits per heavy atom. The average Bonchev–Trinajstić information content (AvgIpc) is 3.02. The number of ether oxygens (including phenoxy) is 1. The molecule has 2 atom stereocenters. The van der Waals surface area contributed by atoms with E-state index in [0.717, 1.165) is 32.1 Å². The van der Waals surface area contributed by atoms with Gasteiger partial charge in [0.1, 0.15) is 5.78 Å². The molecule has 0 radical (unpaired) electrons. The summed E-state index contributed by atoms with van der Waals surface area (Å²) in [5, 5.41) is 2.14. The molecule has 0 unspecified atom stereocenters. The predicted octanol–water partition coefficient (Wildman–Crippen LogP) is 2.42. The van der Waals surface area contributed by atoms with Crippen LogP contribution in [0.4, 0.5) is 18.0 Å². The third-order valence-corrected chi connectivity index (χ3v) is 4.66. The highest BCUT2D eigenvalue weighted by Crippen LogP contribution is 2.32.